The molecule has 0 saturated heterocycles. The largest absolute Gasteiger partial charge is 0.332 e. The quantitative estimate of drug-likeness (QED) is 0.359. The van der Waals surface area contributed by atoms with E-state index < -0.39 is 10.0 Å². The third-order valence-corrected chi connectivity index (χ3v) is 6.73. The van der Waals surface area contributed by atoms with Crippen LogP contribution in [0.4, 0.5) is 11.4 Å². The van der Waals surface area contributed by atoms with Gasteiger partial charge in [0.25, 0.3) is 10.0 Å². The summed E-state index contributed by atoms with van der Waals surface area (Å²) >= 11 is 6.67. The molecule has 0 atom stereocenters. The minimum atomic E-state index is -3.74. The molecule has 1 amide bonds. The van der Waals surface area contributed by atoms with E-state index >= 15 is 0 Å². The van der Waals surface area contributed by atoms with E-state index in [9.17, 15) is 13.2 Å². The number of benzene rings is 2. The molecule has 3 N–H and O–H groups in total. The summed E-state index contributed by atoms with van der Waals surface area (Å²) in [6, 6.07) is 15.5. The van der Waals surface area contributed by atoms with Crippen LogP contribution in [-0.2, 0) is 14.8 Å². The van der Waals surface area contributed by atoms with Crippen LogP contribution < -0.4 is 15.4 Å². The highest BCUT2D eigenvalue weighted by Crippen LogP contribution is 2.24. The van der Waals surface area contributed by atoms with Crippen LogP contribution in [0.3, 0.4) is 0 Å². The molecule has 1 heterocycles. The Morgan fingerprint density at radius 3 is 2.29 bits per heavy atom. The Hall–Kier alpha value is -3.01. The molecule has 2 aromatic carbocycles. The summed E-state index contributed by atoms with van der Waals surface area (Å²) in [5.74, 6) is -0.358. The Kier molecular flexibility index (Phi) is 7.21. The molecule has 0 unspecified atom stereocenters. The molecule has 0 bridgehead atoms. The summed E-state index contributed by atoms with van der Waals surface area (Å²) in [5.41, 5.74) is 2.81. The van der Waals surface area contributed by atoms with E-state index in [4.69, 9.17) is 12.2 Å². The van der Waals surface area contributed by atoms with E-state index in [-0.39, 0.29) is 15.9 Å². The fourth-order valence-corrected chi connectivity index (χ4v) is 4.79. The number of hydrogen-bond acceptors (Lipinski definition) is 5. The number of anilines is 2. The standard InChI is InChI=1S/C22H21N3O3S3/c1-15-5-3-6-16(2)21(15)25-31(27,28)19-11-8-17(9-12-19)23-22(29)24-20(26)13-10-18-7-4-14-30-18/h3-14,25H,1-2H3,(H2,23,24,26,29)/b13-10+. The summed E-state index contributed by atoms with van der Waals surface area (Å²) in [6.07, 6.45) is 3.10. The van der Waals surface area contributed by atoms with Crippen molar-refractivity contribution in [3.05, 3.63) is 82.1 Å². The summed E-state index contributed by atoms with van der Waals surface area (Å²) in [7, 11) is -3.74. The van der Waals surface area contributed by atoms with Crippen molar-refractivity contribution in [1.82, 2.24) is 5.32 Å². The van der Waals surface area contributed by atoms with Gasteiger partial charge in [-0.05, 0) is 79.0 Å². The molecule has 0 spiro atoms. The van der Waals surface area contributed by atoms with Crippen molar-refractivity contribution in [2.45, 2.75) is 18.7 Å². The lowest BCUT2D eigenvalue weighted by Crippen LogP contribution is -2.32. The average molecular weight is 472 g/mol. The fourth-order valence-electron chi connectivity index (χ4n) is 2.75. The minimum absolute atomic E-state index is 0.116. The SMILES string of the molecule is Cc1cccc(C)c1NS(=O)(=O)c1ccc(NC(=S)NC(=O)/C=C/c2cccs2)cc1. The zero-order chi connectivity index (χ0) is 22.4. The highest BCUT2D eigenvalue weighted by molar-refractivity contribution is 7.92. The number of amides is 1. The van der Waals surface area contributed by atoms with Gasteiger partial charge in [0.1, 0.15) is 0 Å². The van der Waals surface area contributed by atoms with Gasteiger partial charge in [0.15, 0.2) is 5.11 Å². The number of hydrogen-bond donors (Lipinski definition) is 3. The number of carbonyl (C=O) groups is 1. The van der Waals surface area contributed by atoms with Gasteiger partial charge in [-0.2, -0.15) is 0 Å². The minimum Gasteiger partial charge on any atom is -0.332 e. The topological polar surface area (TPSA) is 87.3 Å². The van der Waals surface area contributed by atoms with Crippen molar-refractivity contribution in [1.29, 1.82) is 0 Å². The molecule has 3 aromatic rings. The second kappa shape index (κ2) is 9.86. The molecule has 0 radical (unpaired) electrons. The Balaban J connectivity index is 1.61. The molecule has 0 aliphatic heterocycles. The van der Waals surface area contributed by atoms with Crippen molar-refractivity contribution in [3.63, 3.8) is 0 Å². The molecular weight excluding hydrogens is 450 g/mol. The van der Waals surface area contributed by atoms with E-state index in [0.29, 0.717) is 11.4 Å². The Labute approximate surface area is 191 Å². The monoisotopic (exact) mass is 471 g/mol. The zero-order valence-electron chi connectivity index (χ0n) is 16.9. The zero-order valence-corrected chi connectivity index (χ0v) is 19.3. The lowest BCUT2D eigenvalue weighted by molar-refractivity contribution is -0.115. The first kappa shape index (κ1) is 22.7. The summed E-state index contributed by atoms with van der Waals surface area (Å²) < 4.78 is 28.1. The van der Waals surface area contributed by atoms with Crippen LogP contribution in [0, 0.1) is 13.8 Å². The molecule has 0 saturated carbocycles. The van der Waals surface area contributed by atoms with Gasteiger partial charge in [-0.3, -0.25) is 14.8 Å². The predicted molar refractivity (Wildman–Crippen MR) is 131 cm³/mol. The smallest absolute Gasteiger partial charge is 0.261 e. The van der Waals surface area contributed by atoms with Crippen LogP contribution in [0.5, 0.6) is 0 Å². The second-order valence-corrected chi connectivity index (χ2v) is 9.76. The molecule has 0 aliphatic carbocycles. The summed E-state index contributed by atoms with van der Waals surface area (Å²) in [4.78, 5) is 13.0. The second-order valence-electron chi connectivity index (χ2n) is 6.69. The van der Waals surface area contributed by atoms with Gasteiger partial charge >= 0.3 is 0 Å². The van der Waals surface area contributed by atoms with Gasteiger partial charge in [0.05, 0.1) is 10.6 Å². The number of thiocarbonyl (C=S) groups is 1. The highest BCUT2D eigenvalue weighted by atomic mass is 32.2. The molecule has 1 aromatic heterocycles. The van der Waals surface area contributed by atoms with Crippen LogP contribution >= 0.6 is 23.6 Å². The van der Waals surface area contributed by atoms with E-state index in [2.05, 4.69) is 15.4 Å². The van der Waals surface area contributed by atoms with Crippen molar-refractivity contribution < 1.29 is 13.2 Å². The molecule has 9 heteroatoms. The number of carbonyl (C=O) groups excluding carboxylic acids is 1. The van der Waals surface area contributed by atoms with Gasteiger partial charge in [0.2, 0.25) is 5.91 Å². The summed E-state index contributed by atoms with van der Waals surface area (Å²) in [6.45, 7) is 3.70. The maximum absolute atomic E-state index is 12.7. The van der Waals surface area contributed by atoms with Crippen LogP contribution in [0.1, 0.15) is 16.0 Å². The molecule has 160 valence electrons. The molecule has 0 fully saturated rings. The van der Waals surface area contributed by atoms with Crippen molar-refractivity contribution in [3.8, 4) is 0 Å². The van der Waals surface area contributed by atoms with E-state index in [1.165, 1.54) is 29.5 Å². The van der Waals surface area contributed by atoms with Gasteiger partial charge in [-0.15, -0.1) is 11.3 Å². The third kappa shape index (κ3) is 6.24. The third-order valence-electron chi connectivity index (χ3n) is 4.32. The normalized spacial score (nSPS) is 11.3. The van der Waals surface area contributed by atoms with Crippen LogP contribution in [0.15, 0.2) is 70.9 Å². The maximum Gasteiger partial charge on any atom is 0.261 e. The van der Waals surface area contributed by atoms with Gasteiger partial charge in [-0.25, -0.2) is 8.42 Å². The first-order valence-electron chi connectivity index (χ1n) is 9.27. The Morgan fingerprint density at radius 1 is 1.00 bits per heavy atom. The van der Waals surface area contributed by atoms with Gasteiger partial charge in [0, 0.05) is 16.6 Å². The molecule has 6 nitrogen and oxygen atoms in total. The first-order valence-corrected chi connectivity index (χ1v) is 12.0. The maximum atomic E-state index is 12.7. The van der Waals surface area contributed by atoms with Gasteiger partial charge < -0.3 is 5.32 Å². The number of sulfonamides is 1. The van der Waals surface area contributed by atoms with E-state index in [0.717, 1.165) is 16.0 Å². The molecule has 3 rings (SSSR count). The highest BCUT2D eigenvalue weighted by Gasteiger charge is 2.16. The first-order chi connectivity index (χ1) is 14.7. The van der Waals surface area contributed by atoms with E-state index in [1.54, 1.807) is 18.2 Å². The summed E-state index contributed by atoms with van der Waals surface area (Å²) in [5, 5.41) is 7.45. The number of nitrogens with one attached hydrogen (secondary N) is 3. The predicted octanol–water partition coefficient (Wildman–Crippen LogP) is 4.69. The number of aryl methyl sites for hydroxylation is 2. The number of thiophene rings is 1. The molecule has 0 aliphatic rings. The van der Waals surface area contributed by atoms with Crippen LogP contribution in [-0.4, -0.2) is 19.4 Å². The van der Waals surface area contributed by atoms with E-state index in [1.807, 2.05) is 49.6 Å². The number of para-hydroxylation sites is 1. The van der Waals surface area contributed by atoms with Crippen molar-refractivity contribution in [2.24, 2.45) is 0 Å². The Morgan fingerprint density at radius 2 is 1.68 bits per heavy atom. The lowest BCUT2D eigenvalue weighted by Gasteiger charge is -2.14. The lowest BCUT2D eigenvalue weighted by atomic mass is 10.1. The van der Waals surface area contributed by atoms with Gasteiger partial charge in [-0.1, -0.05) is 24.3 Å². The molecule has 31 heavy (non-hydrogen) atoms. The fraction of sp³-hybridized carbons (Fsp3) is 0.0909. The van der Waals surface area contributed by atoms with Crippen LogP contribution in [0.25, 0.3) is 6.08 Å². The average Bonchev–Trinajstić information content (AvgIpc) is 3.23. The van der Waals surface area contributed by atoms with Crippen molar-refractivity contribution >= 4 is 62.0 Å². The number of rotatable bonds is 6. The van der Waals surface area contributed by atoms with Crippen LogP contribution in [0.2, 0.25) is 0 Å². The van der Waals surface area contributed by atoms with Crippen molar-refractivity contribution in [2.75, 3.05) is 10.0 Å². The Bertz CT molecular complexity index is 1200. The molecular formula is C22H21N3O3S3.